The third kappa shape index (κ3) is 2.97. The van der Waals surface area contributed by atoms with Gasteiger partial charge in [-0.05, 0) is 85.9 Å². The van der Waals surface area contributed by atoms with Crippen LogP contribution in [0.2, 0.25) is 0 Å². The molecule has 1 N–H and O–H groups in total. The summed E-state index contributed by atoms with van der Waals surface area (Å²) in [4.78, 5) is 13.3. The molecule has 6 unspecified atom stereocenters. The van der Waals surface area contributed by atoms with E-state index in [1.807, 2.05) is 0 Å². The van der Waals surface area contributed by atoms with Gasteiger partial charge in [0.2, 0.25) is 0 Å². The van der Waals surface area contributed by atoms with Crippen molar-refractivity contribution in [2.24, 2.45) is 17.8 Å². The Labute approximate surface area is 161 Å². The Morgan fingerprint density at radius 3 is 2.85 bits per heavy atom. The van der Waals surface area contributed by atoms with E-state index in [4.69, 9.17) is 9.84 Å². The molecule has 4 aliphatic rings. The zero-order chi connectivity index (χ0) is 18.5. The second kappa shape index (κ2) is 6.80. The highest BCUT2D eigenvalue weighted by Crippen LogP contribution is 2.55. The van der Waals surface area contributed by atoms with Crippen molar-refractivity contribution in [3.8, 4) is 0 Å². The van der Waals surface area contributed by atoms with E-state index in [9.17, 15) is 4.79 Å². The summed E-state index contributed by atoms with van der Waals surface area (Å²) < 4.78 is 5.20. The van der Waals surface area contributed by atoms with Gasteiger partial charge >= 0.3 is 6.16 Å². The number of hydrogen-bond donors (Lipinski definition) is 1. The minimum atomic E-state index is -1.16. The molecular formula is C23H31NO3. The molecule has 3 aliphatic carbocycles. The molecule has 1 heterocycles. The number of nitrogens with zero attached hydrogens (tertiary/aromatic N) is 1. The lowest BCUT2D eigenvalue weighted by Gasteiger charge is -2.44. The molecule has 3 fully saturated rings. The molecule has 0 radical (unpaired) electrons. The van der Waals surface area contributed by atoms with Gasteiger partial charge < -0.3 is 9.84 Å². The number of aryl methyl sites for hydroxylation is 1. The molecule has 1 saturated heterocycles. The van der Waals surface area contributed by atoms with Gasteiger partial charge in [0, 0.05) is 6.54 Å². The first kappa shape index (κ1) is 17.5. The van der Waals surface area contributed by atoms with Crippen molar-refractivity contribution in [3.63, 3.8) is 0 Å². The lowest BCUT2D eigenvalue weighted by molar-refractivity contribution is 0.0368. The number of ether oxygens (including phenoxy) is 1. The van der Waals surface area contributed by atoms with E-state index in [1.54, 1.807) is 5.56 Å². The average Bonchev–Trinajstić information content (AvgIpc) is 3.27. The molecule has 1 aromatic rings. The SMILES string of the molecule is CN1CCC(OC(=O)O)C1c1ccc2c(c1)CCC1C2CCC2CCCC21. The highest BCUT2D eigenvalue weighted by molar-refractivity contribution is 5.57. The molecule has 0 spiro atoms. The Bertz CT molecular complexity index is 732. The van der Waals surface area contributed by atoms with Crippen molar-refractivity contribution in [3.05, 3.63) is 34.9 Å². The van der Waals surface area contributed by atoms with Crippen LogP contribution in [0, 0.1) is 17.8 Å². The van der Waals surface area contributed by atoms with Crippen LogP contribution in [0.4, 0.5) is 4.79 Å². The maximum absolute atomic E-state index is 11.1. The minimum absolute atomic E-state index is 0.0506. The molecule has 6 atom stereocenters. The number of carboxylic acid groups (broad SMARTS) is 1. The van der Waals surface area contributed by atoms with Crippen LogP contribution in [0.5, 0.6) is 0 Å². The smallest absolute Gasteiger partial charge is 0.450 e. The Hall–Kier alpha value is -1.55. The Kier molecular flexibility index (Phi) is 4.42. The highest BCUT2D eigenvalue weighted by atomic mass is 16.7. The summed E-state index contributed by atoms with van der Waals surface area (Å²) >= 11 is 0. The van der Waals surface area contributed by atoms with Crippen LogP contribution in [0.3, 0.4) is 0 Å². The van der Waals surface area contributed by atoms with Gasteiger partial charge in [-0.2, -0.15) is 0 Å². The zero-order valence-electron chi connectivity index (χ0n) is 16.3. The molecule has 4 heteroatoms. The first-order chi connectivity index (χ1) is 13.1. The molecule has 0 aromatic heterocycles. The monoisotopic (exact) mass is 369 g/mol. The highest BCUT2D eigenvalue weighted by Gasteiger charge is 2.44. The third-order valence-corrected chi connectivity index (χ3v) is 8.13. The van der Waals surface area contributed by atoms with Crippen molar-refractivity contribution in [1.29, 1.82) is 0 Å². The van der Waals surface area contributed by atoms with Crippen molar-refractivity contribution in [2.45, 2.75) is 69.4 Å². The van der Waals surface area contributed by atoms with E-state index in [-0.39, 0.29) is 12.1 Å². The van der Waals surface area contributed by atoms with E-state index in [0.717, 1.165) is 36.6 Å². The molecule has 0 amide bonds. The van der Waals surface area contributed by atoms with E-state index < -0.39 is 6.16 Å². The third-order valence-electron chi connectivity index (χ3n) is 8.13. The lowest BCUT2D eigenvalue weighted by atomic mass is 9.61. The van der Waals surface area contributed by atoms with Crippen LogP contribution in [0.25, 0.3) is 0 Å². The first-order valence-electron chi connectivity index (χ1n) is 10.8. The van der Waals surface area contributed by atoms with E-state index in [2.05, 4.69) is 30.1 Å². The summed E-state index contributed by atoms with van der Waals surface area (Å²) in [6.07, 6.45) is 9.07. The average molecular weight is 370 g/mol. The summed E-state index contributed by atoms with van der Waals surface area (Å²) in [5.74, 6) is 3.65. The van der Waals surface area contributed by atoms with Crippen molar-refractivity contribution < 1.29 is 14.6 Å². The number of rotatable bonds is 2. The van der Waals surface area contributed by atoms with Crippen LogP contribution < -0.4 is 0 Å². The summed E-state index contributed by atoms with van der Waals surface area (Å²) in [6.45, 7) is 0.882. The number of likely N-dealkylation sites (N-methyl/N-ethyl adjacent to an activating group) is 1. The normalized spacial score (nSPS) is 38.1. The summed E-state index contributed by atoms with van der Waals surface area (Å²) in [6, 6.07) is 7.05. The minimum Gasteiger partial charge on any atom is -0.450 e. The van der Waals surface area contributed by atoms with E-state index in [0.29, 0.717) is 0 Å². The van der Waals surface area contributed by atoms with Crippen LogP contribution in [-0.4, -0.2) is 35.9 Å². The summed E-state index contributed by atoms with van der Waals surface area (Å²) in [5, 5.41) is 9.08. The number of fused-ring (bicyclic) bond motifs is 5. The molecule has 27 heavy (non-hydrogen) atoms. The number of likely N-dealkylation sites (tertiary alicyclic amines) is 1. The predicted octanol–water partition coefficient (Wildman–Crippen LogP) is 4.98. The number of hydrogen-bond acceptors (Lipinski definition) is 3. The Morgan fingerprint density at radius 2 is 2.00 bits per heavy atom. The fourth-order valence-electron chi connectivity index (χ4n) is 7.04. The fraction of sp³-hybridized carbons (Fsp3) is 0.696. The molecule has 4 nitrogen and oxygen atoms in total. The van der Waals surface area contributed by atoms with E-state index >= 15 is 0 Å². The Morgan fingerprint density at radius 1 is 1.11 bits per heavy atom. The lowest BCUT2D eigenvalue weighted by Crippen LogP contribution is -2.34. The number of carbonyl (C=O) groups is 1. The van der Waals surface area contributed by atoms with Crippen LogP contribution in [-0.2, 0) is 11.2 Å². The maximum Gasteiger partial charge on any atom is 0.506 e. The maximum atomic E-state index is 11.1. The second-order valence-electron chi connectivity index (χ2n) is 9.34. The first-order valence-corrected chi connectivity index (χ1v) is 10.8. The van der Waals surface area contributed by atoms with Gasteiger partial charge in [0.25, 0.3) is 0 Å². The molecular weight excluding hydrogens is 338 g/mol. The number of benzene rings is 1. The largest absolute Gasteiger partial charge is 0.506 e. The van der Waals surface area contributed by atoms with Crippen LogP contribution >= 0.6 is 0 Å². The van der Waals surface area contributed by atoms with Crippen molar-refractivity contribution in [2.75, 3.05) is 13.6 Å². The summed E-state index contributed by atoms with van der Waals surface area (Å²) in [7, 11) is 2.08. The van der Waals surface area contributed by atoms with Crippen molar-refractivity contribution in [1.82, 2.24) is 4.90 Å². The van der Waals surface area contributed by atoms with Gasteiger partial charge in [0.05, 0.1) is 6.04 Å². The predicted molar refractivity (Wildman–Crippen MR) is 104 cm³/mol. The topological polar surface area (TPSA) is 49.8 Å². The molecule has 1 aromatic carbocycles. The standard InChI is InChI=1S/C23H31NO3/c1-24-12-11-21(27-23(25)26)22(24)16-7-8-18-15(13-16)6-10-19-17-4-2-3-14(17)5-9-20(18)19/h7-8,13-14,17,19-22H,2-6,9-12H2,1H3,(H,25,26). The van der Waals surface area contributed by atoms with Crippen molar-refractivity contribution >= 4 is 6.16 Å². The molecule has 146 valence electrons. The van der Waals surface area contributed by atoms with Crippen LogP contribution in [0.1, 0.15) is 73.6 Å². The second-order valence-corrected chi connectivity index (χ2v) is 9.34. The van der Waals surface area contributed by atoms with Gasteiger partial charge in [-0.1, -0.05) is 31.0 Å². The van der Waals surface area contributed by atoms with Gasteiger partial charge in [-0.25, -0.2) is 4.79 Å². The quantitative estimate of drug-likeness (QED) is 0.747. The van der Waals surface area contributed by atoms with Gasteiger partial charge in [0.1, 0.15) is 6.10 Å². The zero-order valence-corrected chi connectivity index (χ0v) is 16.3. The molecule has 1 aliphatic heterocycles. The van der Waals surface area contributed by atoms with E-state index in [1.165, 1.54) is 56.1 Å². The molecule has 2 saturated carbocycles. The fourth-order valence-corrected chi connectivity index (χ4v) is 7.04. The molecule has 5 rings (SSSR count). The van der Waals surface area contributed by atoms with Gasteiger partial charge in [-0.3, -0.25) is 4.90 Å². The van der Waals surface area contributed by atoms with Gasteiger partial charge in [0.15, 0.2) is 0 Å². The Balaban J connectivity index is 1.42. The van der Waals surface area contributed by atoms with Gasteiger partial charge in [-0.15, -0.1) is 0 Å². The molecule has 0 bridgehead atoms. The van der Waals surface area contributed by atoms with Crippen LogP contribution in [0.15, 0.2) is 18.2 Å². The summed E-state index contributed by atoms with van der Waals surface area (Å²) in [5.41, 5.74) is 4.34.